The van der Waals surface area contributed by atoms with E-state index in [0.29, 0.717) is 13.0 Å². The van der Waals surface area contributed by atoms with Crippen LogP contribution in [0, 0.1) is 0 Å². The molecule has 0 saturated carbocycles. The van der Waals surface area contributed by atoms with Crippen molar-refractivity contribution in [1.82, 2.24) is 0 Å². The molecule has 0 rings (SSSR count). The molecule has 4 nitrogen and oxygen atoms in total. The molecule has 0 aliphatic carbocycles. The van der Waals surface area contributed by atoms with Gasteiger partial charge in [0.15, 0.2) is 6.10 Å². The van der Waals surface area contributed by atoms with Gasteiger partial charge in [0.2, 0.25) is 0 Å². The van der Waals surface area contributed by atoms with Gasteiger partial charge in [-0.15, -0.1) is 0 Å². The molecule has 0 heterocycles. The van der Waals surface area contributed by atoms with Gasteiger partial charge in [0.05, 0.1) is 19.8 Å². The summed E-state index contributed by atoms with van der Waals surface area (Å²) in [4.78, 5) is 12.6. The highest BCUT2D eigenvalue weighted by Crippen LogP contribution is 2.16. The molecule has 0 aliphatic heterocycles. The van der Waals surface area contributed by atoms with Crippen molar-refractivity contribution in [3.63, 3.8) is 0 Å². The van der Waals surface area contributed by atoms with Gasteiger partial charge in [-0.1, -0.05) is 213 Å². The van der Waals surface area contributed by atoms with Gasteiger partial charge in [0.25, 0.3) is 0 Å². The van der Waals surface area contributed by atoms with Gasteiger partial charge in [-0.05, 0) is 12.8 Å². The molecule has 0 radical (unpaired) electrons. The smallest absolute Gasteiger partial charge is 0.335 e. The molecular weight excluding hydrogens is 544 g/mol. The highest BCUT2D eigenvalue weighted by atomic mass is 16.6. The summed E-state index contributed by atoms with van der Waals surface area (Å²) in [7, 11) is 0. The summed E-state index contributed by atoms with van der Waals surface area (Å²) in [6.45, 7) is 5.22. The third-order valence-corrected chi connectivity index (χ3v) is 9.24. The van der Waals surface area contributed by atoms with Crippen molar-refractivity contribution in [2.24, 2.45) is 0 Å². The first-order chi connectivity index (χ1) is 21.8. The molecule has 0 aromatic carbocycles. The van der Waals surface area contributed by atoms with E-state index >= 15 is 0 Å². The molecule has 1 unspecified atom stereocenters. The lowest BCUT2D eigenvalue weighted by Crippen LogP contribution is -2.28. The van der Waals surface area contributed by atoms with Gasteiger partial charge in [-0.2, -0.15) is 0 Å². The van der Waals surface area contributed by atoms with Crippen molar-refractivity contribution >= 4 is 5.97 Å². The van der Waals surface area contributed by atoms with Crippen LogP contribution in [0.5, 0.6) is 0 Å². The quantitative estimate of drug-likeness (QED) is 0.0548. The average molecular weight is 625 g/mol. The van der Waals surface area contributed by atoms with Crippen molar-refractivity contribution in [2.45, 2.75) is 232 Å². The predicted molar refractivity (Wildman–Crippen MR) is 191 cm³/mol. The number of aliphatic hydroxyl groups excluding tert-OH is 1. The molecular formula is C40H80O4. The largest absolute Gasteiger partial charge is 0.464 e. The van der Waals surface area contributed by atoms with Crippen LogP contribution in [-0.2, 0) is 14.3 Å². The molecule has 0 bridgehead atoms. The molecule has 0 amide bonds. The molecule has 1 atom stereocenters. The maximum Gasteiger partial charge on any atom is 0.335 e. The van der Waals surface area contributed by atoms with Crippen LogP contribution in [0.1, 0.15) is 226 Å². The summed E-state index contributed by atoms with van der Waals surface area (Å²) < 4.78 is 11.2. The van der Waals surface area contributed by atoms with Crippen LogP contribution in [0.4, 0.5) is 0 Å². The third-order valence-electron chi connectivity index (χ3n) is 9.24. The van der Waals surface area contributed by atoms with E-state index in [1.165, 1.54) is 180 Å². The van der Waals surface area contributed by atoms with Gasteiger partial charge in [-0.3, -0.25) is 0 Å². The maximum absolute atomic E-state index is 12.6. The molecule has 1 N–H and O–H groups in total. The zero-order chi connectivity index (χ0) is 32.0. The number of carbonyl (C=O) groups excluding carboxylic acids is 1. The summed E-state index contributed by atoms with van der Waals surface area (Å²) in [5.74, 6) is -0.236. The van der Waals surface area contributed by atoms with Gasteiger partial charge in [0, 0.05) is 0 Å². The Morgan fingerprint density at radius 1 is 0.432 bits per heavy atom. The average Bonchev–Trinajstić information content (AvgIpc) is 3.03. The molecule has 0 saturated heterocycles. The second-order valence-corrected chi connectivity index (χ2v) is 13.6. The molecule has 0 aliphatic rings. The van der Waals surface area contributed by atoms with E-state index in [4.69, 9.17) is 14.6 Å². The van der Waals surface area contributed by atoms with Crippen molar-refractivity contribution in [3.05, 3.63) is 0 Å². The number of rotatable bonds is 38. The fourth-order valence-electron chi connectivity index (χ4n) is 6.26. The lowest BCUT2D eigenvalue weighted by Gasteiger charge is -2.16. The lowest BCUT2D eigenvalue weighted by molar-refractivity contribution is -0.158. The SMILES string of the molecule is CCCCCCCCCCCCCCCCCCOC(=O)C(CCCCCCCCCCCCCCCCCC)OCCO. The molecule has 0 aromatic heterocycles. The second-order valence-electron chi connectivity index (χ2n) is 13.6. The summed E-state index contributed by atoms with van der Waals surface area (Å²) in [5.41, 5.74) is 0. The van der Waals surface area contributed by atoms with Crippen LogP contribution in [0.25, 0.3) is 0 Å². The first-order valence-electron chi connectivity index (χ1n) is 20.1. The Morgan fingerprint density at radius 2 is 0.727 bits per heavy atom. The van der Waals surface area contributed by atoms with Crippen LogP contribution in [0.2, 0.25) is 0 Å². The van der Waals surface area contributed by atoms with Gasteiger partial charge in [-0.25, -0.2) is 4.79 Å². The Kier molecular flexibility index (Phi) is 38.0. The molecule has 264 valence electrons. The van der Waals surface area contributed by atoms with E-state index in [-0.39, 0.29) is 19.2 Å². The van der Waals surface area contributed by atoms with Gasteiger partial charge < -0.3 is 14.6 Å². The minimum absolute atomic E-state index is 0.0537. The van der Waals surface area contributed by atoms with Crippen LogP contribution >= 0.6 is 0 Å². The van der Waals surface area contributed by atoms with Gasteiger partial charge >= 0.3 is 5.97 Å². The molecule has 0 fully saturated rings. The number of hydrogen-bond donors (Lipinski definition) is 1. The van der Waals surface area contributed by atoms with Crippen LogP contribution in [0.15, 0.2) is 0 Å². The molecule has 44 heavy (non-hydrogen) atoms. The predicted octanol–water partition coefficient (Wildman–Crippen LogP) is 12.8. The lowest BCUT2D eigenvalue weighted by atomic mass is 10.0. The topological polar surface area (TPSA) is 55.8 Å². The summed E-state index contributed by atoms with van der Waals surface area (Å²) in [6.07, 6.45) is 43.1. The van der Waals surface area contributed by atoms with Crippen molar-refractivity contribution < 1.29 is 19.4 Å². The van der Waals surface area contributed by atoms with E-state index in [2.05, 4.69) is 13.8 Å². The van der Waals surface area contributed by atoms with Crippen molar-refractivity contribution in [1.29, 1.82) is 0 Å². The first-order valence-corrected chi connectivity index (χ1v) is 20.1. The zero-order valence-electron chi connectivity index (χ0n) is 30.2. The first kappa shape index (κ1) is 43.4. The van der Waals surface area contributed by atoms with E-state index in [1.807, 2.05) is 0 Å². The highest BCUT2D eigenvalue weighted by Gasteiger charge is 2.20. The highest BCUT2D eigenvalue weighted by molar-refractivity contribution is 5.74. The van der Waals surface area contributed by atoms with Crippen molar-refractivity contribution in [3.8, 4) is 0 Å². The maximum atomic E-state index is 12.6. The summed E-state index contributed by atoms with van der Waals surface area (Å²) in [5, 5.41) is 9.16. The van der Waals surface area contributed by atoms with Crippen LogP contribution in [0.3, 0.4) is 0 Å². The van der Waals surface area contributed by atoms with Crippen molar-refractivity contribution in [2.75, 3.05) is 19.8 Å². The zero-order valence-corrected chi connectivity index (χ0v) is 30.2. The number of hydrogen-bond acceptors (Lipinski definition) is 4. The monoisotopic (exact) mass is 625 g/mol. The standard InChI is InChI=1S/C40H80O4/c1-3-5-7-9-11-13-15-17-19-21-23-25-27-29-31-33-35-39(43-38-36-41)40(42)44-37-34-32-30-28-26-24-22-20-18-16-14-12-10-8-6-4-2/h39,41H,3-38H2,1-2H3. The fourth-order valence-corrected chi connectivity index (χ4v) is 6.26. The molecule has 4 heteroatoms. The number of unbranched alkanes of at least 4 members (excludes halogenated alkanes) is 30. The number of ether oxygens (including phenoxy) is 2. The van der Waals surface area contributed by atoms with E-state index in [0.717, 1.165) is 25.7 Å². The van der Waals surface area contributed by atoms with E-state index in [9.17, 15) is 4.79 Å². The minimum atomic E-state index is -0.519. The number of carbonyl (C=O) groups is 1. The Hall–Kier alpha value is -0.610. The van der Waals surface area contributed by atoms with E-state index in [1.54, 1.807) is 0 Å². The molecule has 0 aromatic rings. The van der Waals surface area contributed by atoms with Crippen LogP contribution < -0.4 is 0 Å². The Balaban J connectivity index is 3.57. The normalized spacial score (nSPS) is 12.2. The Labute approximate surface area is 276 Å². The van der Waals surface area contributed by atoms with Crippen LogP contribution in [-0.4, -0.2) is 37.0 Å². The Morgan fingerprint density at radius 3 is 1.05 bits per heavy atom. The van der Waals surface area contributed by atoms with E-state index < -0.39 is 6.10 Å². The molecule has 0 spiro atoms. The Bertz CT molecular complexity index is 537. The minimum Gasteiger partial charge on any atom is -0.464 e. The second kappa shape index (κ2) is 38.6. The number of aliphatic hydroxyl groups is 1. The number of esters is 1. The fraction of sp³-hybridized carbons (Fsp3) is 0.975. The summed E-state index contributed by atoms with van der Waals surface area (Å²) >= 11 is 0. The summed E-state index contributed by atoms with van der Waals surface area (Å²) in [6, 6.07) is 0. The third kappa shape index (κ3) is 34.3. The van der Waals surface area contributed by atoms with Gasteiger partial charge in [0.1, 0.15) is 0 Å².